The van der Waals surface area contributed by atoms with Crippen molar-refractivity contribution in [1.82, 2.24) is 4.90 Å². The van der Waals surface area contributed by atoms with Gasteiger partial charge in [-0.25, -0.2) is 13.6 Å². The third-order valence-corrected chi connectivity index (χ3v) is 6.18. The van der Waals surface area contributed by atoms with E-state index in [1.54, 1.807) is 11.0 Å². The van der Waals surface area contributed by atoms with Gasteiger partial charge in [0.15, 0.2) is 0 Å². The Morgan fingerprint density at radius 1 is 1.14 bits per heavy atom. The average Bonchev–Trinajstić information content (AvgIpc) is 2.96. The van der Waals surface area contributed by atoms with E-state index in [4.69, 9.17) is 4.74 Å². The highest BCUT2D eigenvalue weighted by molar-refractivity contribution is 9.10. The third kappa shape index (κ3) is 3.61. The molecule has 1 saturated heterocycles. The fourth-order valence-corrected chi connectivity index (χ4v) is 4.89. The molecule has 4 nitrogen and oxygen atoms in total. The van der Waals surface area contributed by atoms with Gasteiger partial charge in [-0.1, -0.05) is 28.1 Å². The molecule has 4 rings (SSSR count). The number of halogens is 3. The van der Waals surface area contributed by atoms with Gasteiger partial charge in [-0.2, -0.15) is 0 Å². The van der Waals surface area contributed by atoms with Crippen LogP contribution in [0.15, 0.2) is 40.9 Å². The van der Waals surface area contributed by atoms with Crippen LogP contribution in [0.3, 0.4) is 0 Å². The first-order valence-electron chi connectivity index (χ1n) is 9.59. The van der Waals surface area contributed by atoms with Gasteiger partial charge in [0.1, 0.15) is 17.2 Å². The van der Waals surface area contributed by atoms with Crippen LogP contribution in [0, 0.1) is 11.6 Å². The van der Waals surface area contributed by atoms with Crippen LogP contribution < -0.4 is 4.90 Å². The second-order valence-corrected chi connectivity index (χ2v) is 9.51. The fourth-order valence-electron chi connectivity index (χ4n) is 4.32. The van der Waals surface area contributed by atoms with Gasteiger partial charge in [-0.05, 0) is 56.2 Å². The molecule has 1 fully saturated rings. The molecule has 2 aliphatic rings. The van der Waals surface area contributed by atoms with Crippen LogP contribution in [0.1, 0.15) is 31.9 Å². The first-order chi connectivity index (χ1) is 13.6. The number of anilines is 1. The number of fused-ring (bicyclic) bond motifs is 3. The lowest BCUT2D eigenvalue weighted by Gasteiger charge is -2.48. The van der Waals surface area contributed by atoms with Gasteiger partial charge in [0.05, 0.1) is 12.1 Å². The molecule has 1 amide bonds. The van der Waals surface area contributed by atoms with Crippen molar-refractivity contribution in [3.05, 3.63) is 63.6 Å². The van der Waals surface area contributed by atoms with Gasteiger partial charge in [-0.3, -0.25) is 0 Å². The minimum atomic E-state index is -0.685. The summed E-state index contributed by atoms with van der Waals surface area (Å²) in [7, 11) is 0. The summed E-state index contributed by atoms with van der Waals surface area (Å²) in [6, 6.07) is 9.40. The standard InChI is InChI=1S/C22H23BrF2N2O2/c1-21(2,3)29-20(28)26-7-8-27-19-11-16(25)10-18(23)17(19)12-22(27,13-26)14-5-4-6-15(24)9-14/h4-6,9-11H,7-8,12-13H2,1-3H3. The van der Waals surface area contributed by atoms with Crippen LogP contribution in [0.2, 0.25) is 0 Å². The summed E-state index contributed by atoms with van der Waals surface area (Å²) in [6.45, 7) is 6.75. The predicted octanol–water partition coefficient (Wildman–Crippen LogP) is 5.24. The quantitative estimate of drug-likeness (QED) is 0.578. The Kier molecular flexibility index (Phi) is 4.84. The molecule has 1 atom stereocenters. The van der Waals surface area contributed by atoms with Crippen LogP contribution in [-0.4, -0.2) is 36.2 Å². The number of benzene rings is 2. The number of hydrogen-bond acceptors (Lipinski definition) is 3. The summed E-state index contributed by atoms with van der Waals surface area (Å²) < 4.78 is 34.6. The summed E-state index contributed by atoms with van der Waals surface area (Å²) in [5, 5.41) is 0. The molecule has 2 aliphatic heterocycles. The molecule has 1 unspecified atom stereocenters. The summed E-state index contributed by atoms with van der Waals surface area (Å²) in [6.07, 6.45) is 0.139. The van der Waals surface area contributed by atoms with Gasteiger partial charge < -0.3 is 14.5 Å². The zero-order chi connectivity index (χ0) is 21.0. The molecule has 0 aromatic heterocycles. The van der Waals surface area contributed by atoms with E-state index in [1.807, 2.05) is 26.8 Å². The molecule has 0 spiro atoms. The number of ether oxygens (including phenoxy) is 1. The summed E-state index contributed by atoms with van der Waals surface area (Å²) in [5.41, 5.74) is 1.21. The maximum atomic E-state index is 14.2. The van der Waals surface area contributed by atoms with Gasteiger partial charge >= 0.3 is 6.09 Å². The molecule has 154 valence electrons. The van der Waals surface area contributed by atoms with Crippen LogP contribution in [0.25, 0.3) is 0 Å². The highest BCUT2D eigenvalue weighted by Gasteiger charge is 2.50. The van der Waals surface area contributed by atoms with Gasteiger partial charge in [0.25, 0.3) is 0 Å². The highest BCUT2D eigenvalue weighted by atomic mass is 79.9. The van der Waals surface area contributed by atoms with E-state index in [-0.39, 0.29) is 11.6 Å². The summed E-state index contributed by atoms with van der Waals surface area (Å²) in [5.74, 6) is -0.673. The zero-order valence-electron chi connectivity index (χ0n) is 16.6. The van der Waals surface area contributed by atoms with Gasteiger partial charge in [0, 0.05) is 29.7 Å². The monoisotopic (exact) mass is 464 g/mol. The Hall–Kier alpha value is -2.15. The minimum absolute atomic E-state index is 0.327. The van der Waals surface area contributed by atoms with E-state index in [0.29, 0.717) is 30.5 Å². The first-order valence-corrected chi connectivity index (χ1v) is 10.4. The maximum absolute atomic E-state index is 14.2. The summed E-state index contributed by atoms with van der Waals surface area (Å²) >= 11 is 3.48. The third-order valence-electron chi connectivity index (χ3n) is 5.47. The second kappa shape index (κ2) is 6.97. The second-order valence-electron chi connectivity index (χ2n) is 8.66. The van der Waals surface area contributed by atoms with Crippen molar-refractivity contribution in [3.63, 3.8) is 0 Å². The smallest absolute Gasteiger partial charge is 0.410 e. The fraction of sp³-hybridized carbons (Fsp3) is 0.409. The largest absolute Gasteiger partial charge is 0.444 e. The zero-order valence-corrected chi connectivity index (χ0v) is 18.2. The van der Waals surface area contributed by atoms with Crippen molar-refractivity contribution in [1.29, 1.82) is 0 Å². The molecule has 2 aromatic carbocycles. The topological polar surface area (TPSA) is 32.8 Å². The van der Waals surface area contributed by atoms with E-state index >= 15 is 0 Å². The van der Waals surface area contributed by atoms with Crippen molar-refractivity contribution in [2.45, 2.75) is 38.3 Å². The SMILES string of the molecule is CC(C)(C)OC(=O)N1CCN2c3cc(F)cc(Br)c3CC2(c2cccc(F)c2)C1. The lowest BCUT2D eigenvalue weighted by atomic mass is 9.84. The number of piperazine rings is 1. The Balaban J connectivity index is 1.78. The molecular weight excluding hydrogens is 442 g/mol. The molecule has 0 saturated carbocycles. The average molecular weight is 465 g/mol. The lowest BCUT2D eigenvalue weighted by molar-refractivity contribution is 0.0164. The van der Waals surface area contributed by atoms with E-state index in [2.05, 4.69) is 20.8 Å². The molecule has 2 aromatic rings. The van der Waals surface area contributed by atoms with Crippen LogP contribution >= 0.6 is 15.9 Å². The molecule has 7 heteroatoms. The Bertz CT molecular complexity index is 976. The lowest BCUT2D eigenvalue weighted by Crippen LogP contribution is -2.61. The van der Waals surface area contributed by atoms with E-state index < -0.39 is 17.2 Å². The molecule has 0 bridgehead atoms. The summed E-state index contributed by atoms with van der Waals surface area (Å²) in [4.78, 5) is 16.6. The minimum Gasteiger partial charge on any atom is -0.444 e. The number of carbonyl (C=O) groups is 1. The molecule has 29 heavy (non-hydrogen) atoms. The van der Waals surface area contributed by atoms with E-state index in [0.717, 1.165) is 16.8 Å². The maximum Gasteiger partial charge on any atom is 0.410 e. The molecule has 0 radical (unpaired) electrons. The van der Waals surface area contributed by atoms with Crippen molar-refractivity contribution in [3.8, 4) is 0 Å². The Morgan fingerprint density at radius 2 is 1.90 bits per heavy atom. The van der Waals surface area contributed by atoms with Gasteiger partial charge in [-0.15, -0.1) is 0 Å². The molecule has 2 heterocycles. The highest BCUT2D eigenvalue weighted by Crippen LogP contribution is 2.49. The number of nitrogens with zero attached hydrogens (tertiary/aromatic N) is 2. The molecular formula is C22H23BrF2N2O2. The number of amides is 1. The van der Waals surface area contributed by atoms with Crippen molar-refractivity contribution in [2.75, 3.05) is 24.5 Å². The van der Waals surface area contributed by atoms with Gasteiger partial charge in [0.2, 0.25) is 0 Å². The molecule has 0 N–H and O–H groups in total. The van der Waals surface area contributed by atoms with Crippen molar-refractivity contribution < 1.29 is 18.3 Å². The van der Waals surface area contributed by atoms with Crippen LogP contribution in [0.4, 0.5) is 19.3 Å². The normalized spacial score (nSPS) is 21.0. The number of rotatable bonds is 1. The van der Waals surface area contributed by atoms with E-state index in [9.17, 15) is 13.6 Å². The Morgan fingerprint density at radius 3 is 2.59 bits per heavy atom. The van der Waals surface area contributed by atoms with E-state index in [1.165, 1.54) is 24.3 Å². The van der Waals surface area contributed by atoms with Crippen molar-refractivity contribution in [2.24, 2.45) is 0 Å². The molecule has 0 aliphatic carbocycles. The number of carbonyl (C=O) groups excluding carboxylic acids is 1. The predicted molar refractivity (Wildman–Crippen MR) is 111 cm³/mol. The van der Waals surface area contributed by atoms with Crippen molar-refractivity contribution >= 4 is 27.7 Å². The first kappa shape index (κ1) is 20.1. The van der Waals surface area contributed by atoms with Crippen LogP contribution in [0.5, 0.6) is 0 Å². The van der Waals surface area contributed by atoms with Crippen LogP contribution in [-0.2, 0) is 16.7 Å². The Labute approximate surface area is 177 Å². The number of hydrogen-bond donors (Lipinski definition) is 0.